The number of amides is 1. The number of likely N-dealkylation sites (tertiary alicyclic amines) is 1. The fourth-order valence-corrected chi connectivity index (χ4v) is 3.59. The molecule has 1 heterocycles. The van der Waals surface area contributed by atoms with Gasteiger partial charge in [0, 0.05) is 13.0 Å². The number of hydrogen-bond acceptors (Lipinski definition) is 4. The van der Waals surface area contributed by atoms with Crippen molar-refractivity contribution < 1.29 is 14.6 Å². The Bertz CT molecular complexity index is 785. The number of hydrogen-bond donors (Lipinski definition) is 1. The summed E-state index contributed by atoms with van der Waals surface area (Å²) in [5, 5.41) is 19.4. The maximum Gasteiger partial charge on any atom is 0.249 e. The number of aliphatic hydroxyl groups excluding tert-OH is 1. The van der Waals surface area contributed by atoms with Crippen molar-refractivity contribution in [2.24, 2.45) is 0 Å². The molecule has 1 saturated heterocycles. The van der Waals surface area contributed by atoms with Gasteiger partial charge in [0.25, 0.3) is 0 Å². The molecule has 25 heavy (non-hydrogen) atoms. The van der Waals surface area contributed by atoms with Crippen LogP contribution in [-0.4, -0.2) is 48.3 Å². The van der Waals surface area contributed by atoms with Gasteiger partial charge in [0.1, 0.15) is 12.6 Å². The minimum Gasteiger partial charge on any atom is -0.394 e. The summed E-state index contributed by atoms with van der Waals surface area (Å²) in [6, 6.07) is 19.0. The Morgan fingerprint density at radius 2 is 1.88 bits per heavy atom. The van der Waals surface area contributed by atoms with Crippen molar-refractivity contribution in [2.75, 3.05) is 20.3 Å². The molecule has 1 aliphatic rings. The van der Waals surface area contributed by atoms with Crippen LogP contribution in [0.4, 0.5) is 0 Å². The predicted octanol–water partition coefficient (Wildman–Crippen LogP) is 2.18. The van der Waals surface area contributed by atoms with Crippen LogP contribution in [0.5, 0.6) is 0 Å². The summed E-state index contributed by atoms with van der Waals surface area (Å²) in [6.07, 6.45) is 0. The van der Waals surface area contributed by atoms with Crippen LogP contribution in [0.15, 0.2) is 54.6 Å². The van der Waals surface area contributed by atoms with Gasteiger partial charge < -0.3 is 14.7 Å². The van der Waals surface area contributed by atoms with Crippen LogP contribution in [0.1, 0.15) is 11.5 Å². The summed E-state index contributed by atoms with van der Waals surface area (Å²) in [6.45, 7) is -0.289. The van der Waals surface area contributed by atoms with E-state index in [9.17, 15) is 15.2 Å². The molecule has 1 fully saturated rings. The average Bonchev–Trinajstić information content (AvgIpc) is 2.63. The fraction of sp³-hybridized carbons (Fsp3) is 0.300. The molecular weight excluding hydrogens is 316 g/mol. The van der Waals surface area contributed by atoms with Crippen molar-refractivity contribution in [3.8, 4) is 17.2 Å². The quantitative estimate of drug-likeness (QED) is 0.908. The zero-order valence-corrected chi connectivity index (χ0v) is 14.0. The maximum absolute atomic E-state index is 12.2. The van der Waals surface area contributed by atoms with Gasteiger partial charge in [-0.1, -0.05) is 54.6 Å². The molecule has 1 aliphatic heterocycles. The topological polar surface area (TPSA) is 73.6 Å². The predicted molar refractivity (Wildman–Crippen MR) is 93.6 cm³/mol. The smallest absolute Gasteiger partial charge is 0.249 e. The van der Waals surface area contributed by atoms with Crippen molar-refractivity contribution >= 4 is 5.91 Å². The first-order chi connectivity index (χ1) is 12.2. The summed E-state index contributed by atoms with van der Waals surface area (Å²) in [4.78, 5) is 13.7. The number of carbonyl (C=O) groups excluding carboxylic acids is 1. The monoisotopic (exact) mass is 336 g/mol. The van der Waals surface area contributed by atoms with Gasteiger partial charge in [-0.15, -0.1) is 0 Å². The molecule has 5 heteroatoms. The second-order valence-corrected chi connectivity index (χ2v) is 6.04. The maximum atomic E-state index is 12.2. The molecule has 0 aliphatic carbocycles. The summed E-state index contributed by atoms with van der Waals surface area (Å²) in [7, 11) is 1.44. The fourth-order valence-electron chi connectivity index (χ4n) is 3.59. The SMILES string of the molecule is COCC(=O)N1[C@H](C#N)[C@H](c2ccccc2-c2ccccc2)[C@H]1CO. The molecule has 0 radical (unpaired) electrons. The average molecular weight is 336 g/mol. The van der Waals surface area contributed by atoms with Crippen molar-refractivity contribution in [2.45, 2.75) is 18.0 Å². The number of ether oxygens (including phenoxy) is 1. The van der Waals surface area contributed by atoms with Crippen LogP contribution in [0.2, 0.25) is 0 Å². The zero-order valence-electron chi connectivity index (χ0n) is 14.0. The summed E-state index contributed by atoms with van der Waals surface area (Å²) >= 11 is 0. The molecule has 2 aromatic rings. The Kier molecular flexibility index (Phi) is 5.13. The molecule has 1 N–H and O–H groups in total. The van der Waals surface area contributed by atoms with E-state index in [1.165, 1.54) is 12.0 Å². The van der Waals surface area contributed by atoms with Gasteiger partial charge >= 0.3 is 0 Å². The van der Waals surface area contributed by atoms with E-state index >= 15 is 0 Å². The van der Waals surface area contributed by atoms with E-state index in [-0.39, 0.29) is 25.0 Å². The highest BCUT2D eigenvalue weighted by atomic mass is 16.5. The molecular formula is C20H20N2O3. The first-order valence-corrected chi connectivity index (χ1v) is 8.17. The Morgan fingerprint density at radius 3 is 2.52 bits per heavy atom. The van der Waals surface area contributed by atoms with E-state index in [0.29, 0.717) is 0 Å². The lowest BCUT2D eigenvalue weighted by atomic mass is 9.73. The molecule has 0 saturated carbocycles. The molecule has 3 rings (SSSR count). The molecule has 0 spiro atoms. The lowest BCUT2D eigenvalue weighted by Gasteiger charge is -2.52. The van der Waals surface area contributed by atoms with E-state index in [2.05, 4.69) is 6.07 Å². The van der Waals surface area contributed by atoms with Gasteiger partial charge in [0.15, 0.2) is 0 Å². The second kappa shape index (κ2) is 7.47. The molecule has 0 unspecified atom stereocenters. The van der Waals surface area contributed by atoms with Crippen molar-refractivity contribution in [1.82, 2.24) is 4.90 Å². The summed E-state index contributed by atoms with van der Waals surface area (Å²) in [5.41, 5.74) is 3.04. The van der Waals surface area contributed by atoms with E-state index in [0.717, 1.165) is 16.7 Å². The molecule has 1 amide bonds. The number of aliphatic hydroxyl groups is 1. The largest absolute Gasteiger partial charge is 0.394 e. The Morgan fingerprint density at radius 1 is 1.20 bits per heavy atom. The molecule has 5 nitrogen and oxygen atoms in total. The zero-order chi connectivity index (χ0) is 17.8. The van der Waals surface area contributed by atoms with Gasteiger partial charge in [-0.25, -0.2) is 0 Å². The highest BCUT2D eigenvalue weighted by Gasteiger charge is 2.52. The normalized spacial score (nSPS) is 22.1. The van der Waals surface area contributed by atoms with Gasteiger partial charge in [-0.3, -0.25) is 4.79 Å². The summed E-state index contributed by atoms with van der Waals surface area (Å²) < 4.78 is 4.90. The Balaban J connectivity index is 2.00. The van der Waals surface area contributed by atoms with E-state index in [1.807, 2.05) is 54.6 Å². The van der Waals surface area contributed by atoms with E-state index < -0.39 is 12.1 Å². The minimum atomic E-state index is -0.607. The van der Waals surface area contributed by atoms with Crippen molar-refractivity contribution in [3.05, 3.63) is 60.2 Å². The van der Waals surface area contributed by atoms with Crippen LogP contribution >= 0.6 is 0 Å². The van der Waals surface area contributed by atoms with Gasteiger partial charge in [0.2, 0.25) is 5.91 Å². The standard InChI is InChI=1S/C20H20N2O3/c1-25-13-19(24)22-17(11-21)20(18(22)12-23)16-10-6-5-9-15(16)14-7-3-2-4-8-14/h2-10,17-18,20,23H,12-13H2,1H3/t17-,18-,20+/m1/s1. The Hall–Kier alpha value is -2.68. The van der Waals surface area contributed by atoms with Gasteiger partial charge in [0.05, 0.1) is 18.7 Å². The lowest BCUT2D eigenvalue weighted by Crippen LogP contribution is -2.66. The van der Waals surface area contributed by atoms with Crippen LogP contribution < -0.4 is 0 Å². The van der Waals surface area contributed by atoms with Crippen molar-refractivity contribution in [1.29, 1.82) is 5.26 Å². The third-order valence-corrected chi connectivity index (χ3v) is 4.69. The molecule has 0 aromatic heterocycles. The number of rotatable bonds is 5. The van der Waals surface area contributed by atoms with Crippen LogP contribution in [-0.2, 0) is 9.53 Å². The molecule has 2 aromatic carbocycles. The number of carbonyl (C=O) groups is 1. The number of nitrogens with zero attached hydrogens (tertiary/aromatic N) is 2. The lowest BCUT2D eigenvalue weighted by molar-refractivity contribution is -0.150. The number of methoxy groups -OCH3 is 1. The van der Waals surface area contributed by atoms with Crippen LogP contribution in [0, 0.1) is 11.3 Å². The molecule has 128 valence electrons. The molecule has 0 bridgehead atoms. The first-order valence-electron chi connectivity index (χ1n) is 8.17. The number of nitriles is 1. The third kappa shape index (κ3) is 3.02. The summed E-state index contributed by atoms with van der Waals surface area (Å²) in [5.74, 6) is -0.506. The van der Waals surface area contributed by atoms with Crippen molar-refractivity contribution in [3.63, 3.8) is 0 Å². The van der Waals surface area contributed by atoms with E-state index in [4.69, 9.17) is 4.74 Å². The van der Waals surface area contributed by atoms with Crippen LogP contribution in [0.3, 0.4) is 0 Å². The third-order valence-electron chi connectivity index (χ3n) is 4.69. The second-order valence-electron chi connectivity index (χ2n) is 6.04. The highest BCUT2D eigenvalue weighted by molar-refractivity contribution is 5.81. The Labute approximate surface area is 147 Å². The highest BCUT2D eigenvalue weighted by Crippen LogP contribution is 2.43. The minimum absolute atomic E-state index is 0.0955. The van der Waals surface area contributed by atoms with Gasteiger partial charge in [-0.05, 0) is 16.7 Å². The molecule has 3 atom stereocenters. The van der Waals surface area contributed by atoms with Gasteiger partial charge in [-0.2, -0.15) is 5.26 Å². The van der Waals surface area contributed by atoms with E-state index in [1.54, 1.807) is 0 Å². The number of benzene rings is 2. The van der Waals surface area contributed by atoms with Crippen LogP contribution in [0.25, 0.3) is 11.1 Å². The first kappa shape index (κ1) is 17.2.